The van der Waals surface area contributed by atoms with Crippen LogP contribution in [-0.4, -0.2) is 15.3 Å². The maximum absolute atomic E-state index is 11.4. The lowest BCUT2D eigenvalue weighted by molar-refractivity contribution is 0.410. The van der Waals surface area contributed by atoms with E-state index in [0.29, 0.717) is 48.3 Å². The summed E-state index contributed by atoms with van der Waals surface area (Å²) in [6.07, 6.45) is 9.45. The van der Waals surface area contributed by atoms with Gasteiger partial charge in [-0.2, -0.15) is 0 Å². The lowest BCUT2D eigenvalue weighted by atomic mass is 9.96. The molecule has 4 aromatic rings. The van der Waals surface area contributed by atoms with Gasteiger partial charge < -0.3 is 20.1 Å². The highest BCUT2D eigenvalue weighted by Crippen LogP contribution is 2.43. The number of hydrogen-bond acceptors (Lipinski definition) is 4. The summed E-state index contributed by atoms with van der Waals surface area (Å²) < 4.78 is 6.35. The van der Waals surface area contributed by atoms with Gasteiger partial charge in [0.1, 0.15) is 17.2 Å². The molecule has 0 spiro atoms. The Kier molecular flexibility index (Phi) is 8.93. The largest absolute Gasteiger partial charge is 0.508 e. The average molecular weight is 531 g/mol. The number of allylic oxidation sites excluding steroid dienone is 4. The minimum atomic E-state index is -0.00791. The van der Waals surface area contributed by atoms with Crippen molar-refractivity contribution < 1.29 is 20.1 Å². The summed E-state index contributed by atoms with van der Waals surface area (Å²) >= 11 is 0. The predicted molar refractivity (Wildman–Crippen MR) is 164 cm³/mol. The second-order valence-electron chi connectivity index (χ2n) is 9.58. The number of rotatable bonds is 12. The van der Waals surface area contributed by atoms with E-state index in [4.69, 9.17) is 4.74 Å². The van der Waals surface area contributed by atoms with Crippen molar-refractivity contribution in [3.05, 3.63) is 140 Å². The Morgan fingerprint density at radius 3 is 1.82 bits per heavy atom. The van der Waals surface area contributed by atoms with Crippen molar-refractivity contribution in [2.24, 2.45) is 0 Å². The third kappa shape index (κ3) is 6.19. The highest BCUT2D eigenvalue weighted by Gasteiger charge is 2.17. The van der Waals surface area contributed by atoms with Crippen molar-refractivity contribution in [1.29, 1.82) is 0 Å². The Hall–Kier alpha value is -4.96. The molecule has 0 fully saturated rings. The summed E-state index contributed by atoms with van der Waals surface area (Å²) in [4.78, 5) is 0. The fourth-order valence-electron chi connectivity index (χ4n) is 4.71. The van der Waals surface area contributed by atoms with Crippen LogP contribution in [0.2, 0.25) is 0 Å². The first-order valence-electron chi connectivity index (χ1n) is 13.1. The molecule has 0 aliphatic heterocycles. The highest BCUT2D eigenvalue weighted by atomic mass is 16.5. The Labute approximate surface area is 236 Å². The van der Waals surface area contributed by atoms with E-state index < -0.39 is 0 Å². The van der Waals surface area contributed by atoms with Gasteiger partial charge in [0.2, 0.25) is 0 Å². The number of phenols is 3. The summed E-state index contributed by atoms with van der Waals surface area (Å²) in [5.41, 5.74) is 6.44. The maximum atomic E-state index is 11.4. The van der Waals surface area contributed by atoms with E-state index in [2.05, 4.69) is 26.3 Å². The monoisotopic (exact) mass is 530 g/mol. The van der Waals surface area contributed by atoms with Gasteiger partial charge in [-0.25, -0.2) is 0 Å². The summed E-state index contributed by atoms with van der Waals surface area (Å²) in [6, 6.07) is 20.2. The zero-order valence-electron chi connectivity index (χ0n) is 22.6. The van der Waals surface area contributed by atoms with E-state index in [9.17, 15) is 15.3 Å². The predicted octanol–water partition coefficient (Wildman–Crippen LogP) is 8.84. The van der Waals surface area contributed by atoms with Crippen LogP contribution >= 0.6 is 0 Å². The van der Waals surface area contributed by atoms with E-state index in [-0.39, 0.29) is 17.2 Å². The number of hydrogen-bond donors (Lipinski definition) is 3. The molecule has 40 heavy (non-hydrogen) atoms. The quantitative estimate of drug-likeness (QED) is 0.160. The minimum absolute atomic E-state index is 0.00791. The van der Waals surface area contributed by atoms with E-state index in [1.54, 1.807) is 36.4 Å². The summed E-state index contributed by atoms with van der Waals surface area (Å²) in [6.45, 7) is 15.3. The van der Waals surface area contributed by atoms with Crippen molar-refractivity contribution in [1.82, 2.24) is 0 Å². The summed E-state index contributed by atoms with van der Waals surface area (Å²) in [5.74, 6) is 1.24. The first-order valence-corrected chi connectivity index (χ1v) is 13.1. The molecule has 0 bridgehead atoms. The molecule has 0 aromatic heterocycles. The molecule has 3 N–H and O–H groups in total. The van der Waals surface area contributed by atoms with Crippen LogP contribution in [0, 0.1) is 0 Å². The first-order chi connectivity index (χ1) is 19.4. The molecule has 0 atom stereocenters. The smallest absolute Gasteiger partial charge is 0.169 e. The minimum Gasteiger partial charge on any atom is -0.508 e. The van der Waals surface area contributed by atoms with Crippen LogP contribution in [0.4, 0.5) is 0 Å². The van der Waals surface area contributed by atoms with Crippen molar-refractivity contribution >= 4 is 0 Å². The van der Waals surface area contributed by atoms with E-state index in [1.807, 2.05) is 54.6 Å². The number of aromatic hydroxyl groups is 3. The van der Waals surface area contributed by atoms with Gasteiger partial charge in [-0.05, 0) is 108 Å². The topological polar surface area (TPSA) is 69.9 Å². The van der Waals surface area contributed by atoms with Gasteiger partial charge in [-0.1, -0.05) is 42.5 Å². The molecule has 0 unspecified atom stereocenters. The number of benzene rings is 4. The molecule has 0 heterocycles. The number of phenolic OH excluding ortho intramolecular Hbond substituents is 3. The molecular formula is C36H34O4. The molecule has 0 saturated heterocycles. The standard InChI is InChI=1S/C36H34O4/c1-5-9-24-13-16-33(38)30(19-24)26-15-18-34(29(23-26)12-8-4)40-35-21-25(10-6-2)20-31(36(35)39)27-14-17-32(37)28(22-27)11-7-3/h5-8,13-23,37-39H,1-4,9-12H2. The SMILES string of the molecule is C=CCc1ccc(O)c(-c2ccc(Oc3cc(CC=C)cc(-c4ccc(O)c(CC=C)c4)c3O)c(CC=C)c2)c1. The molecule has 202 valence electrons. The van der Waals surface area contributed by atoms with Gasteiger partial charge in [0, 0.05) is 11.1 Å². The molecule has 0 amide bonds. The molecule has 4 aromatic carbocycles. The molecule has 4 nitrogen and oxygen atoms in total. The van der Waals surface area contributed by atoms with Crippen LogP contribution in [0.1, 0.15) is 22.3 Å². The molecule has 0 saturated carbocycles. The van der Waals surface area contributed by atoms with Gasteiger partial charge in [0.05, 0.1) is 0 Å². The molecule has 4 heteroatoms. The van der Waals surface area contributed by atoms with Gasteiger partial charge >= 0.3 is 0 Å². The Morgan fingerprint density at radius 1 is 0.525 bits per heavy atom. The van der Waals surface area contributed by atoms with Crippen LogP contribution < -0.4 is 4.74 Å². The van der Waals surface area contributed by atoms with Crippen LogP contribution in [0.25, 0.3) is 22.3 Å². The average Bonchev–Trinajstić information content (AvgIpc) is 2.94. The van der Waals surface area contributed by atoms with Crippen molar-refractivity contribution in [3.63, 3.8) is 0 Å². The molecule has 0 radical (unpaired) electrons. The fourth-order valence-corrected chi connectivity index (χ4v) is 4.71. The lowest BCUT2D eigenvalue weighted by Crippen LogP contribution is -1.96. The first kappa shape index (κ1) is 28.1. The van der Waals surface area contributed by atoms with E-state index in [1.165, 1.54) is 0 Å². The maximum Gasteiger partial charge on any atom is 0.169 e. The third-order valence-corrected chi connectivity index (χ3v) is 6.67. The van der Waals surface area contributed by atoms with Crippen LogP contribution in [0.3, 0.4) is 0 Å². The fraction of sp³-hybridized carbons (Fsp3) is 0.111. The van der Waals surface area contributed by atoms with Crippen molar-refractivity contribution in [2.75, 3.05) is 0 Å². The van der Waals surface area contributed by atoms with Crippen LogP contribution in [-0.2, 0) is 25.7 Å². The zero-order valence-corrected chi connectivity index (χ0v) is 22.6. The normalized spacial score (nSPS) is 10.6. The highest BCUT2D eigenvalue weighted by molar-refractivity contribution is 5.76. The Bertz CT molecular complexity index is 1580. The number of ether oxygens (including phenoxy) is 1. The van der Waals surface area contributed by atoms with Crippen molar-refractivity contribution in [3.8, 4) is 51.0 Å². The van der Waals surface area contributed by atoms with Gasteiger partial charge in [-0.15, -0.1) is 26.3 Å². The lowest BCUT2D eigenvalue weighted by Gasteiger charge is -2.17. The van der Waals surface area contributed by atoms with Crippen LogP contribution in [0.15, 0.2) is 117 Å². The Morgan fingerprint density at radius 2 is 1.10 bits per heavy atom. The second kappa shape index (κ2) is 12.7. The summed E-state index contributed by atoms with van der Waals surface area (Å²) in [7, 11) is 0. The molecular weight excluding hydrogens is 496 g/mol. The Balaban J connectivity index is 1.79. The molecule has 0 aliphatic rings. The van der Waals surface area contributed by atoms with Gasteiger partial charge in [0.15, 0.2) is 11.5 Å². The third-order valence-electron chi connectivity index (χ3n) is 6.67. The molecule has 4 rings (SSSR count). The van der Waals surface area contributed by atoms with Gasteiger partial charge in [0.25, 0.3) is 0 Å². The second-order valence-corrected chi connectivity index (χ2v) is 9.58. The summed E-state index contributed by atoms with van der Waals surface area (Å²) in [5, 5.41) is 32.2. The van der Waals surface area contributed by atoms with E-state index in [0.717, 1.165) is 33.4 Å². The van der Waals surface area contributed by atoms with Crippen LogP contribution in [0.5, 0.6) is 28.7 Å². The van der Waals surface area contributed by atoms with E-state index >= 15 is 0 Å². The van der Waals surface area contributed by atoms with Gasteiger partial charge in [-0.3, -0.25) is 0 Å². The van der Waals surface area contributed by atoms with Crippen molar-refractivity contribution in [2.45, 2.75) is 25.7 Å². The molecule has 0 aliphatic carbocycles. The zero-order chi connectivity index (χ0) is 28.6.